The summed E-state index contributed by atoms with van der Waals surface area (Å²) in [5.41, 5.74) is 23.1. The molecule has 0 fully saturated rings. The van der Waals surface area contributed by atoms with Crippen LogP contribution in [0.5, 0.6) is 0 Å². The van der Waals surface area contributed by atoms with Crippen LogP contribution in [0.3, 0.4) is 0 Å². The molecule has 13 rings (SSSR count). The summed E-state index contributed by atoms with van der Waals surface area (Å²) >= 11 is 2.01. The molecule has 0 radical (unpaired) electrons. The van der Waals surface area contributed by atoms with Gasteiger partial charge < -0.3 is 9.80 Å². The highest BCUT2D eigenvalue weighted by Crippen LogP contribution is 2.56. The Morgan fingerprint density at radius 1 is 0.507 bits per heavy atom. The van der Waals surface area contributed by atoms with Crippen LogP contribution < -0.4 is 25.5 Å². The summed E-state index contributed by atoms with van der Waals surface area (Å²) in [5.74, 6) is 0. The van der Waals surface area contributed by atoms with E-state index in [4.69, 9.17) is 2.74 Å². The average Bonchev–Trinajstić information content (AvgIpc) is 2.78. The lowest BCUT2D eigenvalue weighted by Gasteiger charge is -2.47. The monoisotopic (exact) mass is 1010 g/mol. The van der Waals surface area contributed by atoms with Crippen LogP contribution in [0.2, 0.25) is 0 Å². The molecule has 1 aromatic heterocycles. The van der Waals surface area contributed by atoms with Gasteiger partial charge in [0.25, 0.3) is 6.71 Å². The molecule has 3 aliphatic carbocycles. The summed E-state index contributed by atoms with van der Waals surface area (Å²) < 4.78 is 29.9. The highest BCUT2D eigenvalue weighted by atomic mass is 32.1. The number of anilines is 6. The second-order valence-corrected chi connectivity index (χ2v) is 29.9. The predicted molar refractivity (Wildman–Crippen MR) is 328 cm³/mol. The minimum absolute atomic E-state index is 0.00290. The van der Waals surface area contributed by atoms with Crippen LogP contribution in [0.15, 0.2) is 115 Å². The van der Waals surface area contributed by atoms with E-state index in [1.807, 2.05) is 23.5 Å². The quantitative estimate of drug-likeness (QED) is 0.163. The van der Waals surface area contributed by atoms with E-state index in [0.717, 1.165) is 59.7 Å². The van der Waals surface area contributed by atoms with Crippen molar-refractivity contribution in [3.8, 4) is 11.1 Å². The number of hydrogen-bond donors (Lipinski definition) is 0. The number of thiophene rings is 1. The highest BCUT2D eigenvalue weighted by molar-refractivity contribution is 7.33. The first-order valence-corrected chi connectivity index (χ1v) is 29.1. The molecule has 0 amide bonds. The average molecular weight is 1010 g/mol. The summed E-state index contributed by atoms with van der Waals surface area (Å²) in [6, 6.07) is 38.4. The van der Waals surface area contributed by atoms with Crippen LogP contribution in [-0.2, 0) is 37.9 Å². The summed E-state index contributed by atoms with van der Waals surface area (Å²) in [6.07, 6.45) is 6.90. The van der Waals surface area contributed by atoms with Gasteiger partial charge in [0.1, 0.15) is 0 Å². The molecule has 3 heterocycles. The van der Waals surface area contributed by atoms with E-state index in [-0.39, 0.29) is 56.7 Å². The van der Waals surface area contributed by atoms with Crippen molar-refractivity contribution in [2.75, 3.05) is 9.80 Å². The van der Waals surface area contributed by atoms with E-state index in [1.165, 1.54) is 105 Å². The molecule has 2 aliphatic heterocycles. The topological polar surface area (TPSA) is 6.48 Å². The fourth-order valence-electron chi connectivity index (χ4n) is 14.6. The molecule has 5 aliphatic rings. The molecule has 75 heavy (non-hydrogen) atoms. The van der Waals surface area contributed by atoms with Crippen LogP contribution in [0.25, 0.3) is 32.0 Å². The third-order valence-corrected chi connectivity index (χ3v) is 21.0. The lowest BCUT2D eigenvalue weighted by Crippen LogP contribution is -2.61. The third-order valence-electron chi connectivity index (χ3n) is 19.8. The molecule has 0 bridgehead atoms. The zero-order valence-electron chi connectivity index (χ0n) is 50.9. The van der Waals surface area contributed by atoms with Crippen molar-refractivity contribution in [1.82, 2.24) is 0 Å². The standard InChI is InChI=1S/C71H79BN2S/c1-42-33-59-62-60(34-42)74(57-26-23-46(65(2,3)4)36-48(57)45-22-21-43-19-17-18-20-44(43)35-45)63-49-38-52-55(71(15,16)32-29-68(52,9)10)41-61(49)75-64(63)72(62)56-39-53-54(70(13,14)31-30-69(53,11)12)40-58(56)73(59)47-24-25-50-51(37-47)67(7,8)28-27-66(50,5)6/h17-26,33-41H,27-32H2,1-16H3/i17D,18D,22D. The number of rotatable bonds is 3. The Balaban J connectivity index is 1.18. The number of hydrogen-bond acceptors (Lipinski definition) is 3. The van der Waals surface area contributed by atoms with Crippen LogP contribution in [-0.4, -0.2) is 6.71 Å². The molecule has 0 atom stereocenters. The SMILES string of the molecule is [2H]c1cc2cc([2H])c(-c3cc(C(C)(C)C)ccc3N3c4cc(C)cc5c4B(c4cc6c(cc4N5c4ccc5c(c4)C(C)(C)CCC5(C)C)C(C)(C)CCC6(C)C)c4sc5cc6c(cc5c43)C(C)(C)CCC6(C)C)cc2cc1[2H]. The minimum Gasteiger partial charge on any atom is -0.311 e. The van der Waals surface area contributed by atoms with Crippen molar-refractivity contribution in [1.29, 1.82) is 0 Å². The van der Waals surface area contributed by atoms with Crippen LogP contribution in [0.1, 0.15) is 191 Å². The molecule has 0 N–H and O–H groups in total. The molecule has 2 nitrogen and oxygen atoms in total. The van der Waals surface area contributed by atoms with Crippen molar-refractivity contribution in [2.24, 2.45) is 0 Å². The van der Waals surface area contributed by atoms with E-state index in [1.54, 1.807) is 6.07 Å². The molecule has 0 spiro atoms. The zero-order chi connectivity index (χ0) is 55.5. The van der Waals surface area contributed by atoms with Gasteiger partial charge in [0, 0.05) is 43.2 Å². The van der Waals surface area contributed by atoms with Crippen LogP contribution in [0, 0.1) is 6.92 Å². The van der Waals surface area contributed by atoms with Gasteiger partial charge in [0.15, 0.2) is 0 Å². The summed E-state index contributed by atoms with van der Waals surface area (Å²) in [6.45, 7) is 38.7. The van der Waals surface area contributed by atoms with Crippen molar-refractivity contribution < 1.29 is 4.11 Å². The fraction of sp³-hybridized carbons (Fsp3) is 0.408. The van der Waals surface area contributed by atoms with Gasteiger partial charge in [-0.25, -0.2) is 0 Å². The van der Waals surface area contributed by atoms with Crippen LogP contribution in [0.4, 0.5) is 34.1 Å². The summed E-state index contributed by atoms with van der Waals surface area (Å²) in [4.78, 5) is 5.33. The van der Waals surface area contributed by atoms with Crippen molar-refractivity contribution in [3.05, 3.63) is 160 Å². The van der Waals surface area contributed by atoms with E-state index < -0.39 is 0 Å². The van der Waals surface area contributed by atoms with E-state index >= 15 is 0 Å². The van der Waals surface area contributed by atoms with Gasteiger partial charge in [-0.05, 0) is 216 Å². The highest BCUT2D eigenvalue weighted by Gasteiger charge is 2.49. The van der Waals surface area contributed by atoms with E-state index in [0.29, 0.717) is 6.04 Å². The number of benzene rings is 7. The molecular weight excluding hydrogens is 924 g/mol. The van der Waals surface area contributed by atoms with Crippen molar-refractivity contribution in [2.45, 2.75) is 187 Å². The van der Waals surface area contributed by atoms with Crippen LogP contribution >= 0.6 is 11.3 Å². The molecule has 4 heteroatoms. The molecule has 0 saturated heterocycles. The van der Waals surface area contributed by atoms with Gasteiger partial charge in [-0.15, -0.1) is 11.3 Å². The molecule has 382 valence electrons. The molecule has 0 saturated carbocycles. The number of fused-ring (bicyclic) bond motifs is 10. The first-order chi connectivity index (χ1) is 36.4. The predicted octanol–water partition coefficient (Wildman–Crippen LogP) is 18.5. The molecule has 7 aromatic carbocycles. The van der Waals surface area contributed by atoms with Crippen molar-refractivity contribution in [3.63, 3.8) is 0 Å². The largest absolute Gasteiger partial charge is 0.311 e. The summed E-state index contributed by atoms with van der Waals surface area (Å²) in [5, 5.41) is 2.99. The fourth-order valence-corrected chi connectivity index (χ4v) is 15.9. The van der Waals surface area contributed by atoms with Gasteiger partial charge in [-0.1, -0.05) is 158 Å². The first-order valence-electron chi connectivity index (χ1n) is 29.7. The third kappa shape index (κ3) is 7.30. The minimum atomic E-state index is -0.168. The Kier molecular flexibility index (Phi) is 9.59. The first kappa shape index (κ1) is 45.6. The smallest absolute Gasteiger partial charge is 0.264 e. The number of aryl methyl sites for hydroxylation is 1. The Bertz CT molecular complexity index is 3930. The maximum absolute atomic E-state index is 9.89. The normalized spacial score (nSPS) is 20.5. The van der Waals surface area contributed by atoms with E-state index in [9.17, 15) is 1.37 Å². The van der Waals surface area contributed by atoms with Gasteiger partial charge in [-0.2, -0.15) is 0 Å². The van der Waals surface area contributed by atoms with Gasteiger partial charge in [0.05, 0.1) is 15.5 Å². The van der Waals surface area contributed by atoms with Gasteiger partial charge >= 0.3 is 0 Å². The molecule has 8 aromatic rings. The Morgan fingerprint density at radius 3 is 1.68 bits per heavy atom. The Morgan fingerprint density at radius 2 is 1.05 bits per heavy atom. The Labute approximate surface area is 458 Å². The Hall–Kier alpha value is -5.58. The summed E-state index contributed by atoms with van der Waals surface area (Å²) in [7, 11) is 0. The van der Waals surface area contributed by atoms with Gasteiger partial charge in [-0.3, -0.25) is 0 Å². The second-order valence-electron chi connectivity index (χ2n) is 28.8. The molecule has 0 unspecified atom stereocenters. The second kappa shape index (κ2) is 15.8. The molecular formula is C71H79BN2S. The maximum Gasteiger partial charge on any atom is 0.264 e. The van der Waals surface area contributed by atoms with Gasteiger partial charge in [0.2, 0.25) is 0 Å². The lowest BCUT2D eigenvalue weighted by atomic mass is 9.35. The maximum atomic E-state index is 9.89. The zero-order valence-corrected chi connectivity index (χ0v) is 48.7. The number of nitrogens with zero attached hydrogens (tertiary/aromatic N) is 2. The van der Waals surface area contributed by atoms with E-state index in [2.05, 4.69) is 199 Å². The lowest BCUT2D eigenvalue weighted by molar-refractivity contribution is 0.332. The van der Waals surface area contributed by atoms with Crippen molar-refractivity contribution >= 4 is 88.7 Å².